The highest BCUT2D eigenvalue weighted by atomic mass is 16.5. The molecule has 1 aliphatic rings. The summed E-state index contributed by atoms with van der Waals surface area (Å²) in [4.78, 5) is 25.7. The lowest BCUT2D eigenvalue weighted by molar-refractivity contribution is -0.111. The summed E-state index contributed by atoms with van der Waals surface area (Å²) in [6.07, 6.45) is 4.91. The van der Waals surface area contributed by atoms with Crippen LogP contribution in [-0.4, -0.2) is 79.9 Å². The van der Waals surface area contributed by atoms with Crippen molar-refractivity contribution >= 4 is 46.3 Å². The van der Waals surface area contributed by atoms with Crippen LogP contribution in [0.1, 0.15) is 12.5 Å². The first-order valence-corrected chi connectivity index (χ1v) is 12.9. The van der Waals surface area contributed by atoms with E-state index in [1.807, 2.05) is 54.3 Å². The van der Waals surface area contributed by atoms with Crippen LogP contribution >= 0.6 is 0 Å². The number of piperazine rings is 1. The van der Waals surface area contributed by atoms with Gasteiger partial charge in [-0.2, -0.15) is 5.10 Å². The van der Waals surface area contributed by atoms with Gasteiger partial charge in [-0.25, -0.2) is 4.99 Å². The summed E-state index contributed by atoms with van der Waals surface area (Å²) in [6.45, 7) is 14.1. The Bertz CT molecular complexity index is 1430. The molecule has 2 aromatic carbocycles. The lowest BCUT2D eigenvalue weighted by Gasteiger charge is -2.36. The van der Waals surface area contributed by atoms with Crippen LogP contribution in [0.25, 0.3) is 10.9 Å². The monoisotopic (exact) mass is 528 g/mol. The Balaban J connectivity index is 1.67. The Kier molecular flexibility index (Phi) is 8.77. The third kappa shape index (κ3) is 6.18. The van der Waals surface area contributed by atoms with Gasteiger partial charge in [-0.3, -0.25) is 14.5 Å². The molecule has 1 aliphatic heterocycles. The molecule has 1 saturated heterocycles. The minimum Gasteiger partial charge on any atom is -0.494 e. The molecular formula is C29H36N8O2. The number of nitrogens with one attached hydrogen (secondary N) is 2. The van der Waals surface area contributed by atoms with Crippen molar-refractivity contribution < 1.29 is 9.53 Å². The second kappa shape index (κ2) is 12.4. The Labute approximate surface area is 229 Å². The largest absolute Gasteiger partial charge is 0.494 e. The van der Waals surface area contributed by atoms with Gasteiger partial charge >= 0.3 is 0 Å². The van der Waals surface area contributed by atoms with E-state index in [1.54, 1.807) is 14.2 Å². The molecule has 1 fully saturated rings. The zero-order valence-electron chi connectivity index (χ0n) is 23.1. The van der Waals surface area contributed by atoms with E-state index in [0.717, 1.165) is 60.6 Å². The number of amides is 1. The molecule has 0 spiro atoms. The first kappa shape index (κ1) is 27.6. The molecule has 3 aromatic rings. The van der Waals surface area contributed by atoms with E-state index in [9.17, 15) is 4.79 Å². The number of methoxy groups -OCH3 is 1. The number of benzene rings is 2. The van der Waals surface area contributed by atoms with Crippen LogP contribution < -0.4 is 20.3 Å². The van der Waals surface area contributed by atoms with E-state index in [2.05, 4.69) is 55.7 Å². The zero-order valence-corrected chi connectivity index (χ0v) is 23.1. The number of carbonyl (C=O) groups is 1. The average molecular weight is 529 g/mol. The van der Waals surface area contributed by atoms with E-state index in [4.69, 9.17) is 4.74 Å². The summed E-state index contributed by atoms with van der Waals surface area (Å²) in [7, 11) is 5.26. The molecule has 204 valence electrons. The quantitative estimate of drug-likeness (QED) is 0.306. The van der Waals surface area contributed by atoms with Gasteiger partial charge in [-0.05, 0) is 37.5 Å². The molecular weight excluding hydrogens is 492 g/mol. The molecule has 0 saturated carbocycles. The van der Waals surface area contributed by atoms with Crippen molar-refractivity contribution in [3.63, 3.8) is 0 Å². The van der Waals surface area contributed by atoms with E-state index < -0.39 is 0 Å². The second-order valence-electron chi connectivity index (χ2n) is 9.15. The number of hydrogen-bond donors (Lipinski definition) is 2. The first-order valence-electron chi connectivity index (χ1n) is 12.9. The number of hydrogen-bond acceptors (Lipinski definition) is 8. The molecule has 0 bridgehead atoms. The highest BCUT2D eigenvalue weighted by molar-refractivity contribution is 6.11. The molecule has 0 radical (unpaired) electrons. The van der Waals surface area contributed by atoms with Crippen molar-refractivity contribution in [1.82, 2.24) is 14.7 Å². The summed E-state index contributed by atoms with van der Waals surface area (Å²) in [6, 6.07) is 9.85. The maximum Gasteiger partial charge on any atom is 0.247 e. The van der Waals surface area contributed by atoms with E-state index in [1.165, 1.54) is 6.08 Å². The zero-order chi connectivity index (χ0) is 27.9. The van der Waals surface area contributed by atoms with Gasteiger partial charge in [0, 0.05) is 63.4 Å². The van der Waals surface area contributed by atoms with Gasteiger partial charge < -0.3 is 25.2 Å². The Morgan fingerprint density at radius 1 is 1.15 bits per heavy atom. The molecule has 0 aliphatic carbocycles. The number of nitrogens with zero attached hydrogens (tertiary/aromatic N) is 6. The molecule has 10 nitrogen and oxygen atoms in total. The number of allylic oxidation sites excluding steroid dienone is 1. The Hall–Kier alpha value is -4.44. The van der Waals surface area contributed by atoms with Gasteiger partial charge in [0.1, 0.15) is 11.6 Å². The third-order valence-corrected chi connectivity index (χ3v) is 6.91. The van der Waals surface area contributed by atoms with Gasteiger partial charge in [0.25, 0.3) is 0 Å². The lowest BCUT2D eigenvalue weighted by Crippen LogP contribution is -2.46. The van der Waals surface area contributed by atoms with E-state index >= 15 is 0 Å². The van der Waals surface area contributed by atoms with Crippen LogP contribution in [0.2, 0.25) is 0 Å². The van der Waals surface area contributed by atoms with Crippen LogP contribution in [0, 0.1) is 0 Å². The number of aliphatic imine (C=N–C) groups is 2. The fourth-order valence-corrected chi connectivity index (χ4v) is 4.67. The normalized spacial score (nSPS) is 14.8. The van der Waals surface area contributed by atoms with Crippen LogP contribution in [0.3, 0.4) is 0 Å². The molecule has 1 aromatic heterocycles. The summed E-state index contributed by atoms with van der Waals surface area (Å²) in [5.41, 5.74) is 4.86. The van der Waals surface area contributed by atoms with Crippen LogP contribution in [-0.2, 0) is 11.8 Å². The number of likely N-dealkylation sites (N-methyl/N-ethyl adjacent to an activating group) is 1. The van der Waals surface area contributed by atoms with Crippen molar-refractivity contribution in [3.8, 4) is 5.75 Å². The molecule has 0 atom stereocenters. The van der Waals surface area contributed by atoms with Gasteiger partial charge in [-0.1, -0.05) is 19.6 Å². The highest BCUT2D eigenvalue weighted by Crippen LogP contribution is 2.38. The Morgan fingerprint density at radius 3 is 2.56 bits per heavy atom. The minimum atomic E-state index is -0.289. The van der Waals surface area contributed by atoms with Crippen LogP contribution in [0.5, 0.6) is 5.75 Å². The van der Waals surface area contributed by atoms with Gasteiger partial charge in [-0.15, -0.1) is 0 Å². The van der Waals surface area contributed by atoms with E-state index in [-0.39, 0.29) is 5.91 Å². The van der Waals surface area contributed by atoms with Gasteiger partial charge in [0.05, 0.1) is 41.6 Å². The fraction of sp³-hybridized carbons (Fsp3) is 0.310. The van der Waals surface area contributed by atoms with Gasteiger partial charge in [0.2, 0.25) is 5.91 Å². The Morgan fingerprint density at radius 2 is 1.92 bits per heavy atom. The molecule has 39 heavy (non-hydrogen) atoms. The lowest BCUT2D eigenvalue weighted by atomic mass is 10.1. The van der Waals surface area contributed by atoms with Crippen molar-refractivity contribution in [3.05, 3.63) is 66.6 Å². The van der Waals surface area contributed by atoms with E-state index in [0.29, 0.717) is 22.9 Å². The summed E-state index contributed by atoms with van der Waals surface area (Å²) >= 11 is 0. The number of fused-ring (bicyclic) bond motifs is 1. The third-order valence-electron chi connectivity index (χ3n) is 6.91. The van der Waals surface area contributed by atoms with Crippen LogP contribution in [0.15, 0.2) is 71.1 Å². The summed E-state index contributed by atoms with van der Waals surface area (Å²) < 4.78 is 7.59. The average Bonchev–Trinajstić information content (AvgIpc) is 3.34. The van der Waals surface area contributed by atoms with Crippen molar-refractivity contribution in [2.45, 2.75) is 6.92 Å². The highest BCUT2D eigenvalue weighted by Gasteiger charge is 2.22. The number of anilines is 3. The first-order chi connectivity index (χ1) is 18.9. The molecule has 2 N–H and O–H groups in total. The molecule has 10 heteroatoms. The summed E-state index contributed by atoms with van der Waals surface area (Å²) in [5.74, 6) is 0.801. The minimum absolute atomic E-state index is 0.289. The molecule has 0 unspecified atom stereocenters. The predicted molar refractivity (Wildman–Crippen MR) is 161 cm³/mol. The van der Waals surface area contributed by atoms with Crippen molar-refractivity contribution in [1.29, 1.82) is 0 Å². The van der Waals surface area contributed by atoms with Gasteiger partial charge in [0.15, 0.2) is 0 Å². The number of ether oxygens (including phenoxy) is 1. The predicted octanol–water partition coefficient (Wildman–Crippen LogP) is 3.92. The smallest absolute Gasteiger partial charge is 0.247 e. The number of carbonyl (C=O) groups excluding carboxylic acids is 1. The van der Waals surface area contributed by atoms with Crippen molar-refractivity contribution in [2.24, 2.45) is 17.0 Å². The topological polar surface area (TPSA) is 99.4 Å². The summed E-state index contributed by atoms with van der Waals surface area (Å²) in [5, 5.41) is 11.6. The van der Waals surface area contributed by atoms with Crippen molar-refractivity contribution in [2.75, 3.05) is 62.4 Å². The maximum absolute atomic E-state index is 12.3. The number of rotatable bonds is 10. The number of aryl methyl sites for hydroxylation is 1. The fourth-order valence-electron chi connectivity index (χ4n) is 4.67. The molecule has 2 heterocycles. The molecule has 4 rings (SSSR count). The van der Waals surface area contributed by atoms with Crippen LogP contribution in [0.4, 0.5) is 17.1 Å². The number of aromatic nitrogens is 2. The SMILES string of the molecule is C=CC(=O)Nc1cc(N/C(=C/C(=N\C)c2ccc3c(cnn3C)c2)N=C)c(OC)cc1N1CCN(CC)CC1. The maximum atomic E-state index is 12.3. The molecule has 1 amide bonds. The standard InChI is InChI=1S/C29H36N8O2/c1-7-29(38)34-23-16-24(27(39-6)18-26(23)37-13-11-36(8-2)12-14-37)33-28(31-4)17-22(30-3)20-9-10-25-21(15-20)19-32-35(25)5/h7,9-10,15-19,33H,1,4,8,11-14H2,2-3,5-6H3,(H,34,38)/b28-17+,30-22+. The second-order valence-corrected chi connectivity index (χ2v) is 9.15.